The number of carbonyl (C=O) groups excluding carboxylic acids is 1. The molecule has 110 valence electrons. The van der Waals surface area contributed by atoms with Crippen molar-refractivity contribution in [2.24, 2.45) is 0 Å². The van der Waals surface area contributed by atoms with E-state index in [2.05, 4.69) is 17.4 Å². The summed E-state index contributed by atoms with van der Waals surface area (Å²) in [5, 5.41) is 3.33. The monoisotopic (exact) mass is 294 g/mol. The van der Waals surface area contributed by atoms with Gasteiger partial charge in [0.25, 0.3) is 0 Å². The number of piperidine rings is 1. The Morgan fingerprint density at radius 3 is 2.55 bits per heavy atom. The van der Waals surface area contributed by atoms with E-state index >= 15 is 0 Å². The molecule has 4 nitrogen and oxygen atoms in total. The highest BCUT2D eigenvalue weighted by Crippen LogP contribution is 2.35. The number of nitrogens with one attached hydrogen (secondary N) is 1. The zero-order valence-corrected chi connectivity index (χ0v) is 12.9. The highest BCUT2D eigenvalue weighted by Gasteiger charge is 2.37. The first-order valence-corrected chi connectivity index (χ1v) is 7.85. The molecule has 2 rings (SSSR count). The molecule has 0 aromatic heterocycles. The fourth-order valence-electron chi connectivity index (χ4n) is 2.45. The van der Waals surface area contributed by atoms with E-state index in [4.69, 9.17) is 4.74 Å². The minimum Gasteiger partial charge on any atom is -0.453 e. The summed E-state index contributed by atoms with van der Waals surface area (Å²) in [5.74, 6) is 0.212. The van der Waals surface area contributed by atoms with Crippen molar-refractivity contribution in [1.82, 2.24) is 9.62 Å². The van der Waals surface area contributed by atoms with Gasteiger partial charge in [0.05, 0.1) is 0 Å². The maximum Gasteiger partial charge on any atom is 0.318 e. The maximum atomic E-state index is 12.1. The lowest BCUT2D eigenvalue weighted by molar-refractivity contribution is -0.160. The summed E-state index contributed by atoms with van der Waals surface area (Å²) in [4.78, 5) is 12.1. The van der Waals surface area contributed by atoms with Crippen LogP contribution in [0.15, 0.2) is 30.3 Å². The van der Waals surface area contributed by atoms with Gasteiger partial charge in [-0.1, -0.05) is 42.3 Å². The van der Waals surface area contributed by atoms with E-state index < -0.39 is 5.60 Å². The summed E-state index contributed by atoms with van der Waals surface area (Å²) in [6, 6.07) is 10.1. The smallest absolute Gasteiger partial charge is 0.318 e. The first-order valence-electron chi connectivity index (χ1n) is 6.91. The summed E-state index contributed by atoms with van der Waals surface area (Å²) >= 11 is 1.46. The lowest BCUT2D eigenvalue weighted by Crippen LogP contribution is -2.43. The third kappa shape index (κ3) is 3.98. The fourth-order valence-corrected chi connectivity index (χ4v) is 2.87. The molecule has 1 aliphatic heterocycles. The van der Waals surface area contributed by atoms with Crippen LogP contribution in [0.1, 0.15) is 18.4 Å². The van der Waals surface area contributed by atoms with Crippen LogP contribution in [0.3, 0.4) is 0 Å². The Bertz CT molecular complexity index is 431. The Balaban J connectivity index is 2.10. The Labute approximate surface area is 125 Å². The molecule has 1 aromatic rings. The normalized spacial score (nSPS) is 17.9. The van der Waals surface area contributed by atoms with Crippen LogP contribution in [0, 0.1) is 0 Å². The largest absolute Gasteiger partial charge is 0.453 e. The van der Waals surface area contributed by atoms with Crippen molar-refractivity contribution in [3.8, 4) is 0 Å². The van der Waals surface area contributed by atoms with Crippen molar-refractivity contribution < 1.29 is 9.53 Å². The minimum atomic E-state index is -0.462. The lowest BCUT2D eigenvalue weighted by Gasteiger charge is -2.37. The molecule has 0 aliphatic carbocycles. The van der Waals surface area contributed by atoms with Gasteiger partial charge in [-0.05, 0) is 32.7 Å². The number of esters is 1. The van der Waals surface area contributed by atoms with Crippen LogP contribution in [0.5, 0.6) is 0 Å². The van der Waals surface area contributed by atoms with E-state index in [1.54, 1.807) is 0 Å². The number of nitrogens with zero attached hydrogens (tertiary/aromatic N) is 1. The van der Waals surface area contributed by atoms with Crippen LogP contribution in [-0.4, -0.2) is 43.2 Å². The molecule has 20 heavy (non-hydrogen) atoms. The molecule has 1 aromatic carbocycles. The predicted octanol–water partition coefficient (Wildman–Crippen LogP) is 2.02. The number of ether oxygens (including phenoxy) is 1. The Morgan fingerprint density at radius 2 is 1.95 bits per heavy atom. The molecule has 1 N–H and O–H groups in total. The SMILES string of the molecule is CN(C)SCC(=O)OC1(c2ccccc2)CCNCC1. The quantitative estimate of drug-likeness (QED) is 0.665. The zero-order chi connectivity index (χ0) is 14.4. The highest BCUT2D eigenvalue weighted by atomic mass is 32.2. The maximum absolute atomic E-state index is 12.1. The summed E-state index contributed by atoms with van der Waals surface area (Å²) in [7, 11) is 3.85. The van der Waals surface area contributed by atoms with E-state index in [1.165, 1.54) is 11.9 Å². The van der Waals surface area contributed by atoms with Crippen molar-refractivity contribution in [1.29, 1.82) is 0 Å². The van der Waals surface area contributed by atoms with Crippen molar-refractivity contribution in [2.45, 2.75) is 18.4 Å². The van der Waals surface area contributed by atoms with Crippen LogP contribution >= 0.6 is 11.9 Å². The van der Waals surface area contributed by atoms with Gasteiger partial charge in [0.15, 0.2) is 0 Å². The average Bonchev–Trinajstić information content (AvgIpc) is 2.47. The fraction of sp³-hybridized carbons (Fsp3) is 0.533. The molecule has 0 radical (unpaired) electrons. The van der Waals surface area contributed by atoms with Crippen molar-refractivity contribution >= 4 is 17.9 Å². The summed E-state index contributed by atoms with van der Waals surface area (Å²) in [6.45, 7) is 1.76. The van der Waals surface area contributed by atoms with Gasteiger partial charge in [0.2, 0.25) is 0 Å². The molecule has 1 fully saturated rings. The third-order valence-electron chi connectivity index (χ3n) is 3.46. The topological polar surface area (TPSA) is 41.6 Å². The van der Waals surface area contributed by atoms with E-state index in [9.17, 15) is 4.79 Å². The van der Waals surface area contributed by atoms with Gasteiger partial charge in [0, 0.05) is 12.8 Å². The Morgan fingerprint density at radius 1 is 1.30 bits per heavy atom. The second kappa shape index (κ2) is 7.11. The van der Waals surface area contributed by atoms with Crippen LogP contribution in [0.2, 0.25) is 0 Å². The number of rotatable bonds is 5. The van der Waals surface area contributed by atoms with E-state index in [0.29, 0.717) is 5.75 Å². The average molecular weight is 294 g/mol. The molecule has 0 saturated carbocycles. The second-order valence-electron chi connectivity index (χ2n) is 5.17. The van der Waals surface area contributed by atoms with E-state index in [0.717, 1.165) is 31.5 Å². The third-order valence-corrected chi connectivity index (χ3v) is 4.34. The molecule has 0 unspecified atom stereocenters. The molecule has 0 spiro atoms. The van der Waals surface area contributed by atoms with Gasteiger partial charge in [-0.3, -0.25) is 9.10 Å². The summed E-state index contributed by atoms with van der Waals surface area (Å²) in [6.07, 6.45) is 1.66. The van der Waals surface area contributed by atoms with Gasteiger partial charge in [-0.25, -0.2) is 0 Å². The van der Waals surface area contributed by atoms with Crippen LogP contribution in [-0.2, 0) is 15.1 Å². The van der Waals surface area contributed by atoms with Crippen molar-refractivity contribution in [3.05, 3.63) is 35.9 Å². The minimum absolute atomic E-state index is 0.144. The number of hydrogen-bond donors (Lipinski definition) is 1. The van der Waals surface area contributed by atoms with Gasteiger partial charge in [0.1, 0.15) is 11.4 Å². The Hall–Kier alpha value is -1.04. The highest BCUT2D eigenvalue weighted by molar-refractivity contribution is 7.97. The molecule has 1 saturated heterocycles. The molecule has 1 aliphatic rings. The summed E-state index contributed by atoms with van der Waals surface area (Å²) < 4.78 is 7.80. The van der Waals surface area contributed by atoms with Gasteiger partial charge < -0.3 is 10.1 Å². The van der Waals surface area contributed by atoms with Crippen LogP contribution in [0.4, 0.5) is 0 Å². The number of hydrogen-bond acceptors (Lipinski definition) is 5. The van der Waals surface area contributed by atoms with Crippen molar-refractivity contribution in [3.63, 3.8) is 0 Å². The molecule has 0 amide bonds. The van der Waals surface area contributed by atoms with Crippen molar-refractivity contribution in [2.75, 3.05) is 32.9 Å². The lowest BCUT2D eigenvalue weighted by atomic mass is 9.85. The predicted molar refractivity (Wildman–Crippen MR) is 82.5 cm³/mol. The standard InChI is InChI=1S/C15H22N2O2S/c1-17(2)20-12-14(18)19-15(8-10-16-11-9-15)13-6-4-3-5-7-13/h3-7,16H,8-12H2,1-2H3. The van der Waals surface area contributed by atoms with Gasteiger partial charge in [-0.15, -0.1) is 0 Å². The van der Waals surface area contributed by atoms with Crippen LogP contribution < -0.4 is 5.32 Å². The molecule has 0 bridgehead atoms. The first-order chi connectivity index (χ1) is 9.62. The van der Waals surface area contributed by atoms with E-state index in [1.807, 2.05) is 36.6 Å². The van der Waals surface area contributed by atoms with Gasteiger partial charge >= 0.3 is 5.97 Å². The zero-order valence-electron chi connectivity index (χ0n) is 12.1. The number of benzene rings is 1. The molecule has 5 heteroatoms. The van der Waals surface area contributed by atoms with E-state index in [-0.39, 0.29) is 5.97 Å². The molecular weight excluding hydrogens is 272 g/mol. The van der Waals surface area contributed by atoms with Gasteiger partial charge in [-0.2, -0.15) is 0 Å². The molecular formula is C15H22N2O2S. The number of carbonyl (C=O) groups is 1. The molecule has 1 heterocycles. The van der Waals surface area contributed by atoms with Crippen LogP contribution in [0.25, 0.3) is 0 Å². The second-order valence-corrected chi connectivity index (χ2v) is 6.45. The summed E-state index contributed by atoms with van der Waals surface area (Å²) in [5.41, 5.74) is 0.640. The first kappa shape index (κ1) is 15.4. The Kier molecular flexibility index (Phi) is 5.46. The molecule has 0 atom stereocenters.